The number of rotatable bonds is 3. The monoisotopic (exact) mass is 163 g/mol. The molecule has 3 nitrogen and oxygen atoms in total. The van der Waals surface area contributed by atoms with Gasteiger partial charge in [0.05, 0.1) is 6.54 Å². The summed E-state index contributed by atoms with van der Waals surface area (Å²) in [4.78, 5) is 20.8. The van der Waals surface area contributed by atoms with Crippen molar-refractivity contribution in [3.63, 3.8) is 0 Å². The van der Waals surface area contributed by atoms with Gasteiger partial charge < -0.3 is 5.32 Å². The van der Waals surface area contributed by atoms with E-state index in [2.05, 4.69) is 5.32 Å². The summed E-state index contributed by atoms with van der Waals surface area (Å²) < 4.78 is 0. The van der Waals surface area contributed by atoms with Crippen LogP contribution < -0.4 is 5.32 Å². The summed E-state index contributed by atoms with van der Waals surface area (Å²) in [6.45, 7) is 3.40. The van der Waals surface area contributed by atoms with Gasteiger partial charge in [-0.2, -0.15) is 0 Å². The maximum Gasteiger partial charge on any atom is 0.240 e. The van der Waals surface area contributed by atoms with Crippen molar-refractivity contribution in [3.8, 4) is 0 Å². The molecular weight excluding hydrogens is 154 g/mol. The van der Waals surface area contributed by atoms with Crippen LogP contribution in [0.3, 0.4) is 0 Å². The number of hydrogen-bond acceptors (Lipinski definition) is 2. The first-order valence-electron chi connectivity index (χ1n) is 3.00. The van der Waals surface area contributed by atoms with Gasteiger partial charge in [-0.25, -0.2) is 0 Å². The Morgan fingerprint density at radius 2 is 2.00 bits per heavy atom. The molecule has 0 unspecified atom stereocenters. The Morgan fingerprint density at radius 3 is 2.30 bits per heavy atom. The highest BCUT2D eigenvalue weighted by molar-refractivity contribution is 6.64. The van der Waals surface area contributed by atoms with Gasteiger partial charge in [-0.15, -0.1) is 0 Å². The highest BCUT2D eigenvalue weighted by Gasteiger charge is 2.06. The van der Waals surface area contributed by atoms with Crippen LogP contribution in [0.4, 0.5) is 0 Å². The standard InChI is InChI=1S/C6H10ClNO2/c1-4(2)6(10)8-3-5(7)9/h4H,3H2,1-2H3,(H,8,10). The van der Waals surface area contributed by atoms with E-state index in [0.29, 0.717) is 0 Å². The van der Waals surface area contributed by atoms with E-state index in [-0.39, 0.29) is 18.4 Å². The van der Waals surface area contributed by atoms with Crippen molar-refractivity contribution >= 4 is 22.8 Å². The molecule has 0 aromatic heterocycles. The molecule has 1 N–H and O–H groups in total. The van der Waals surface area contributed by atoms with Gasteiger partial charge in [0, 0.05) is 5.92 Å². The predicted molar refractivity (Wildman–Crippen MR) is 38.7 cm³/mol. The molecule has 0 fully saturated rings. The molecule has 0 aliphatic carbocycles. The van der Waals surface area contributed by atoms with Crippen LogP contribution in [0.2, 0.25) is 0 Å². The molecular formula is C6H10ClNO2. The van der Waals surface area contributed by atoms with Crippen LogP contribution in [-0.2, 0) is 9.59 Å². The number of amides is 1. The van der Waals surface area contributed by atoms with E-state index < -0.39 is 5.24 Å². The summed E-state index contributed by atoms with van der Waals surface area (Å²) in [6, 6.07) is 0. The van der Waals surface area contributed by atoms with Gasteiger partial charge in [0.15, 0.2) is 0 Å². The summed E-state index contributed by atoms with van der Waals surface area (Å²) in [5, 5.41) is 1.81. The summed E-state index contributed by atoms with van der Waals surface area (Å²) in [6.07, 6.45) is 0. The molecule has 0 rings (SSSR count). The normalized spacial score (nSPS) is 9.60. The highest BCUT2D eigenvalue weighted by Crippen LogP contribution is 1.89. The number of halogens is 1. The van der Waals surface area contributed by atoms with Gasteiger partial charge in [-0.1, -0.05) is 13.8 Å². The molecule has 0 saturated heterocycles. The van der Waals surface area contributed by atoms with E-state index in [1.54, 1.807) is 13.8 Å². The number of nitrogens with one attached hydrogen (secondary N) is 1. The molecule has 0 heterocycles. The third kappa shape index (κ3) is 4.32. The van der Waals surface area contributed by atoms with Crippen molar-refractivity contribution in [2.45, 2.75) is 13.8 Å². The molecule has 0 aromatic carbocycles. The first-order chi connectivity index (χ1) is 4.54. The second-order valence-corrected chi connectivity index (χ2v) is 2.65. The molecule has 0 aliphatic rings. The predicted octanol–water partition coefficient (Wildman–Crippen LogP) is 0.524. The van der Waals surface area contributed by atoms with Crippen molar-refractivity contribution < 1.29 is 9.59 Å². The van der Waals surface area contributed by atoms with E-state index in [0.717, 1.165) is 0 Å². The average Bonchev–Trinajstić information content (AvgIpc) is 1.82. The van der Waals surface area contributed by atoms with Crippen molar-refractivity contribution in [2.24, 2.45) is 5.92 Å². The first kappa shape index (κ1) is 9.43. The summed E-state index contributed by atoms with van der Waals surface area (Å²) >= 11 is 4.97. The van der Waals surface area contributed by atoms with Crippen LogP contribution in [0.1, 0.15) is 13.8 Å². The molecule has 58 valence electrons. The summed E-state index contributed by atoms with van der Waals surface area (Å²) in [5.74, 6) is -0.259. The molecule has 0 atom stereocenters. The van der Waals surface area contributed by atoms with Crippen molar-refractivity contribution in [2.75, 3.05) is 6.54 Å². The minimum absolute atomic E-state index is 0.0848. The van der Waals surface area contributed by atoms with Crippen molar-refractivity contribution in [1.29, 1.82) is 0 Å². The van der Waals surface area contributed by atoms with Crippen molar-refractivity contribution in [1.82, 2.24) is 5.32 Å². The zero-order chi connectivity index (χ0) is 8.15. The Bertz CT molecular complexity index is 145. The zero-order valence-corrected chi connectivity index (χ0v) is 6.73. The summed E-state index contributed by atoms with van der Waals surface area (Å²) in [7, 11) is 0. The SMILES string of the molecule is CC(C)C(=O)NCC(=O)Cl. The second kappa shape index (κ2) is 4.28. The average molecular weight is 164 g/mol. The number of carbonyl (C=O) groups excluding carboxylic acids is 2. The first-order valence-corrected chi connectivity index (χ1v) is 3.38. The van der Waals surface area contributed by atoms with Crippen LogP contribution in [-0.4, -0.2) is 17.7 Å². The fraction of sp³-hybridized carbons (Fsp3) is 0.667. The van der Waals surface area contributed by atoms with Crippen molar-refractivity contribution in [3.05, 3.63) is 0 Å². The Hall–Kier alpha value is -0.570. The van der Waals surface area contributed by atoms with Crippen LogP contribution in [0.25, 0.3) is 0 Å². The second-order valence-electron chi connectivity index (χ2n) is 2.23. The van der Waals surface area contributed by atoms with Gasteiger partial charge >= 0.3 is 0 Å². The molecule has 0 aromatic rings. The summed E-state index contributed by atoms with van der Waals surface area (Å²) in [5.41, 5.74) is 0. The maximum absolute atomic E-state index is 10.7. The number of carbonyl (C=O) groups is 2. The van der Waals surface area contributed by atoms with Gasteiger partial charge in [-0.05, 0) is 11.6 Å². The molecule has 0 radical (unpaired) electrons. The minimum Gasteiger partial charge on any atom is -0.347 e. The lowest BCUT2D eigenvalue weighted by Crippen LogP contribution is -2.30. The maximum atomic E-state index is 10.7. The Labute approximate surface area is 64.7 Å². The topological polar surface area (TPSA) is 46.2 Å². The van der Waals surface area contributed by atoms with Crippen LogP contribution in [0.15, 0.2) is 0 Å². The lowest BCUT2D eigenvalue weighted by Gasteiger charge is -2.03. The van der Waals surface area contributed by atoms with Crippen LogP contribution in [0, 0.1) is 5.92 Å². The molecule has 1 amide bonds. The lowest BCUT2D eigenvalue weighted by molar-refractivity contribution is -0.125. The molecule has 4 heteroatoms. The Balaban J connectivity index is 3.50. The quantitative estimate of drug-likeness (QED) is 0.617. The molecule has 0 spiro atoms. The van der Waals surface area contributed by atoms with Gasteiger partial charge in [-0.3, -0.25) is 9.59 Å². The largest absolute Gasteiger partial charge is 0.347 e. The van der Waals surface area contributed by atoms with E-state index in [4.69, 9.17) is 11.6 Å². The van der Waals surface area contributed by atoms with E-state index >= 15 is 0 Å². The van der Waals surface area contributed by atoms with Gasteiger partial charge in [0.1, 0.15) is 0 Å². The third-order valence-electron chi connectivity index (χ3n) is 0.926. The van der Waals surface area contributed by atoms with Gasteiger partial charge in [0.2, 0.25) is 11.1 Å². The molecule has 10 heavy (non-hydrogen) atoms. The molecule has 0 aliphatic heterocycles. The zero-order valence-electron chi connectivity index (χ0n) is 5.98. The third-order valence-corrected chi connectivity index (χ3v) is 1.06. The van der Waals surface area contributed by atoms with E-state index in [1.807, 2.05) is 0 Å². The Kier molecular flexibility index (Phi) is 4.03. The highest BCUT2D eigenvalue weighted by atomic mass is 35.5. The van der Waals surface area contributed by atoms with E-state index in [9.17, 15) is 9.59 Å². The Morgan fingerprint density at radius 1 is 1.50 bits per heavy atom. The fourth-order valence-electron chi connectivity index (χ4n) is 0.361. The molecule has 0 saturated carbocycles. The van der Waals surface area contributed by atoms with E-state index in [1.165, 1.54) is 0 Å². The van der Waals surface area contributed by atoms with Crippen LogP contribution >= 0.6 is 11.6 Å². The van der Waals surface area contributed by atoms with Gasteiger partial charge in [0.25, 0.3) is 0 Å². The minimum atomic E-state index is -0.547. The molecule has 0 bridgehead atoms. The lowest BCUT2D eigenvalue weighted by atomic mass is 10.2. The smallest absolute Gasteiger partial charge is 0.240 e. The number of hydrogen-bond donors (Lipinski definition) is 1. The van der Waals surface area contributed by atoms with Crippen LogP contribution in [0.5, 0.6) is 0 Å². The fourth-order valence-corrected chi connectivity index (χ4v) is 0.428.